The molecule has 2 amide bonds. The Morgan fingerprint density at radius 3 is 2.48 bits per heavy atom. The van der Waals surface area contributed by atoms with Gasteiger partial charge >= 0.3 is 5.97 Å². The Hall–Kier alpha value is -2.21. The second-order valence-corrected chi connectivity index (χ2v) is 6.23. The van der Waals surface area contributed by atoms with Crippen molar-refractivity contribution in [3.05, 3.63) is 29.8 Å². The number of anilines is 1. The topological polar surface area (TPSA) is 75.7 Å². The second-order valence-electron chi connectivity index (χ2n) is 6.23. The first-order valence-electron chi connectivity index (χ1n) is 8.87. The van der Waals surface area contributed by atoms with Crippen molar-refractivity contribution in [3.63, 3.8) is 0 Å². The number of nitrogens with zero attached hydrogens (tertiary/aromatic N) is 1. The van der Waals surface area contributed by atoms with E-state index in [9.17, 15) is 14.4 Å². The van der Waals surface area contributed by atoms with E-state index in [4.69, 9.17) is 0 Å². The minimum Gasteiger partial charge on any atom is -0.465 e. The summed E-state index contributed by atoms with van der Waals surface area (Å²) in [6, 6.07) is 5.83. The SMILES string of the molecule is CCCCCCCN[C@H]1CC(=O)N(c2ccc(C(=O)OC)cc2)C1=O. The zero-order valence-electron chi connectivity index (χ0n) is 14.9. The lowest BCUT2D eigenvalue weighted by molar-refractivity contribution is -0.121. The van der Waals surface area contributed by atoms with E-state index in [2.05, 4.69) is 17.0 Å². The van der Waals surface area contributed by atoms with Crippen LogP contribution >= 0.6 is 0 Å². The summed E-state index contributed by atoms with van der Waals surface area (Å²) in [4.78, 5) is 37.4. The van der Waals surface area contributed by atoms with Gasteiger partial charge in [-0.3, -0.25) is 9.59 Å². The molecule has 1 aliphatic heterocycles. The van der Waals surface area contributed by atoms with E-state index in [0.29, 0.717) is 11.3 Å². The summed E-state index contributed by atoms with van der Waals surface area (Å²) in [5, 5.41) is 3.19. The first-order chi connectivity index (χ1) is 12.1. The van der Waals surface area contributed by atoms with Crippen LogP contribution in [0.4, 0.5) is 5.69 Å². The van der Waals surface area contributed by atoms with E-state index in [1.807, 2.05) is 0 Å². The van der Waals surface area contributed by atoms with Crippen molar-refractivity contribution >= 4 is 23.5 Å². The molecule has 1 aliphatic rings. The number of carbonyl (C=O) groups is 3. The molecule has 6 heteroatoms. The highest BCUT2D eigenvalue weighted by atomic mass is 16.5. The Morgan fingerprint density at radius 1 is 1.16 bits per heavy atom. The first kappa shape index (κ1) is 19.1. The summed E-state index contributed by atoms with van der Waals surface area (Å²) < 4.78 is 4.64. The minimum absolute atomic E-state index is 0.173. The molecule has 6 nitrogen and oxygen atoms in total. The molecule has 1 aromatic rings. The van der Waals surface area contributed by atoms with Gasteiger partial charge in [-0.2, -0.15) is 0 Å². The number of carbonyl (C=O) groups excluding carboxylic acids is 3. The summed E-state index contributed by atoms with van der Waals surface area (Å²) in [5.41, 5.74) is 0.863. The van der Waals surface area contributed by atoms with Crippen molar-refractivity contribution < 1.29 is 19.1 Å². The number of methoxy groups -OCH3 is 1. The van der Waals surface area contributed by atoms with Gasteiger partial charge in [0.15, 0.2) is 0 Å². The van der Waals surface area contributed by atoms with Crippen molar-refractivity contribution in [3.8, 4) is 0 Å². The number of amides is 2. The van der Waals surface area contributed by atoms with Gasteiger partial charge in [-0.25, -0.2) is 9.69 Å². The smallest absolute Gasteiger partial charge is 0.337 e. The van der Waals surface area contributed by atoms with E-state index in [1.165, 1.54) is 31.3 Å². The number of imide groups is 1. The molecule has 1 atom stereocenters. The van der Waals surface area contributed by atoms with Crippen molar-refractivity contribution in [2.24, 2.45) is 0 Å². The molecular weight excluding hydrogens is 320 g/mol. The molecular formula is C19H26N2O4. The molecule has 0 radical (unpaired) electrons. The van der Waals surface area contributed by atoms with Gasteiger partial charge in [-0.05, 0) is 37.2 Å². The lowest BCUT2D eigenvalue weighted by Crippen LogP contribution is -2.39. The summed E-state index contributed by atoms with van der Waals surface area (Å²) in [7, 11) is 1.31. The van der Waals surface area contributed by atoms with Crippen LogP contribution in [0.25, 0.3) is 0 Å². The Bertz CT molecular complexity index is 612. The molecule has 0 bridgehead atoms. The van der Waals surface area contributed by atoms with Crippen LogP contribution in [0.1, 0.15) is 55.8 Å². The number of esters is 1. The fraction of sp³-hybridized carbons (Fsp3) is 0.526. The molecule has 136 valence electrons. The van der Waals surface area contributed by atoms with Gasteiger partial charge < -0.3 is 10.1 Å². The second kappa shape index (κ2) is 9.32. The third kappa shape index (κ3) is 4.89. The standard InChI is InChI=1S/C19H26N2O4/c1-3-4-5-6-7-12-20-16-13-17(22)21(18(16)23)15-10-8-14(9-11-15)19(24)25-2/h8-11,16,20H,3-7,12-13H2,1-2H3/t16-/m0/s1. The number of unbranched alkanes of at least 4 members (excludes halogenated alkanes) is 4. The molecule has 1 aromatic carbocycles. The van der Waals surface area contributed by atoms with E-state index < -0.39 is 12.0 Å². The van der Waals surface area contributed by atoms with Crippen LogP contribution in [0.15, 0.2) is 24.3 Å². The first-order valence-corrected chi connectivity index (χ1v) is 8.87. The Kier molecular flexibility index (Phi) is 7.13. The quantitative estimate of drug-likeness (QED) is 0.423. The Labute approximate surface area is 148 Å². The third-order valence-electron chi connectivity index (χ3n) is 4.36. The molecule has 0 unspecified atom stereocenters. The molecule has 1 saturated heterocycles. The molecule has 1 N–H and O–H groups in total. The van der Waals surface area contributed by atoms with E-state index >= 15 is 0 Å². The van der Waals surface area contributed by atoms with Crippen LogP contribution in [-0.4, -0.2) is 37.5 Å². The predicted molar refractivity (Wildman–Crippen MR) is 95.4 cm³/mol. The van der Waals surface area contributed by atoms with Crippen molar-refractivity contribution in [2.45, 2.75) is 51.5 Å². The van der Waals surface area contributed by atoms with Crippen LogP contribution < -0.4 is 10.2 Å². The van der Waals surface area contributed by atoms with E-state index in [0.717, 1.165) is 19.4 Å². The zero-order valence-corrected chi connectivity index (χ0v) is 14.9. The van der Waals surface area contributed by atoms with Gasteiger partial charge in [0.1, 0.15) is 0 Å². The third-order valence-corrected chi connectivity index (χ3v) is 4.36. The maximum Gasteiger partial charge on any atom is 0.337 e. The highest BCUT2D eigenvalue weighted by Gasteiger charge is 2.39. The molecule has 1 heterocycles. The average Bonchev–Trinajstić information content (AvgIpc) is 2.91. The number of rotatable bonds is 9. The maximum absolute atomic E-state index is 12.5. The lowest BCUT2D eigenvalue weighted by Gasteiger charge is -2.16. The molecule has 0 spiro atoms. The van der Waals surface area contributed by atoms with Gasteiger partial charge in [-0.1, -0.05) is 32.6 Å². The Morgan fingerprint density at radius 2 is 1.84 bits per heavy atom. The zero-order chi connectivity index (χ0) is 18.2. The maximum atomic E-state index is 12.5. The van der Waals surface area contributed by atoms with Crippen LogP contribution in [0.2, 0.25) is 0 Å². The van der Waals surface area contributed by atoms with Crippen LogP contribution in [0, 0.1) is 0 Å². The predicted octanol–water partition coefficient (Wildman–Crippen LogP) is 2.67. The summed E-state index contributed by atoms with van der Waals surface area (Å²) >= 11 is 0. The molecule has 1 fully saturated rings. The molecule has 0 aromatic heterocycles. The van der Waals surface area contributed by atoms with Gasteiger partial charge in [0.2, 0.25) is 5.91 Å². The van der Waals surface area contributed by atoms with E-state index in [1.54, 1.807) is 24.3 Å². The molecule has 0 saturated carbocycles. The van der Waals surface area contributed by atoms with Gasteiger partial charge in [0.05, 0.1) is 30.8 Å². The molecule has 25 heavy (non-hydrogen) atoms. The average molecular weight is 346 g/mol. The fourth-order valence-electron chi connectivity index (χ4n) is 2.93. The summed E-state index contributed by atoms with van der Waals surface area (Å²) in [6.07, 6.45) is 5.95. The minimum atomic E-state index is -0.459. The monoisotopic (exact) mass is 346 g/mol. The van der Waals surface area contributed by atoms with Crippen molar-refractivity contribution in [1.82, 2.24) is 5.32 Å². The van der Waals surface area contributed by atoms with Gasteiger partial charge in [-0.15, -0.1) is 0 Å². The number of hydrogen-bond acceptors (Lipinski definition) is 5. The Balaban J connectivity index is 1.91. The largest absolute Gasteiger partial charge is 0.465 e. The van der Waals surface area contributed by atoms with Crippen molar-refractivity contribution in [2.75, 3.05) is 18.6 Å². The van der Waals surface area contributed by atoms with E-state index in [-0.39, 0.29) is 18.2 Å². The van der Waals surface area contributed by atoms with Crippen LogP contribution in [-0.2, 0) is 14.3 Å². The summed E-state index contributed by atoms with van der Waals surface area (Å²) in [5.74, 6) is -0.906. The number of hydrogen-bond donors (Lipinski definition) is 1. The fourth-order valence-corrected chi connectivity index (χ4v) is 2.93. The number of nitrogens with one attached hydrogen (secondary N) is 1. The normalized spacial score (nSPS) is 17.2. The summed E-state index contributed by atoms with van der Waals surface area (Å²) in [6.45, 7) is 2.91. The van der Waals surface area contributed by atoms with Gasteiger partial charge in [0, 0.05) is 0 Å². The van der Waals surface area contributed by atoms with Crippen LogP contribution in [0.3, 0.4) is 0 Å². The number of ether oxygens (including phenoxy) is 1. The van der Waals surface area contributed by atoms with Crippen molar-refractivity contribution in [1.29, 1.82) is 0 Å². The van der Waals surface area contributed by atoms with Gasteiger partial charge in [0.25, 0.3) is 5.91 Å². The highest BCUT2D eigenvalue weighted by molar-refractivity contribution is 6.22. The number of benzene rings is 1. The highest BCUT2D eigenvalue weighted by Crippen LogP contribution is 2.23. The molecule has 0 aliphatic carbocycles. The lowest BCUT2D eigenvalue weighted by atomic mass is 10.1. The molecule has 2 rings (SSSR count). The van der Waals surface area contributed by atoms with Crippen LogP contribution in [0.5, 0.6) is 0 Å².